The van der Waals surface area contributed by atoms with E-state index >= 15 is 0 Å². The standard InChI is InChI=1S/C12H15F2N5O3/c1-7-3-15-10(22-7)5-21-4-9(20)16-6-12(13,14)11-17-8(2)18-19-11/h3H,4-6H2,1-2H3,(H,16,20)(H,17,18,19). The molecule has 0 bridgehead atoms. The summed E-state index contributed by atoms with van der Waals surface area (Å²) in [5.74, 6) is -3.52. The molecule has 2 aromatic heterocycles. The molecular formula is C12H15F2N5O3. The number of hydrogen-bond donors (Lipinski definition) is 2. The predicted octanol–water partition coefficient (Wildman–Crippen LogP) is 0.834. The number of aryl methyl sites for hydroxylation is 2. The van der Waals surface area contributed by atoms with Crippen molar-refractivity contribution in [2.75, 3.05) is 13.2 Å². The number of aromatic nitrogens is 4. The van der Waals surface area contributed by atoms with Crippen LogP contribution < -0.4 is 5.32 Å². The topological polar surface area (TPSA) is 106 Å². The molecule has 0 aromatic carbocycles. The lowest BCUT2D eigenvalue weighted by molar-refractivity contribution is -0.128. The Morgan fingerprint density at radius 3 is 2.86 bits per heavy atom. The molecule has 2 rings (SSSR count). The molecule has 0 spiro atoms. The summed E-state index contributed by atoms with van der Waals surface area (Å²) in [5, 5.41) is 7.76. The van der Waals surface area contributed by atoms with Crippen molar-refractivity contribution in [2.45, 2.75) is 26.4 Å². The molecule has 120 valence electrons. The van der Waals surface area contributed by atoms with Gasteiger partial charge in [-0.15, -0.1) is 0 Å². The van der Waals surface area contributed by atoms with Crippen molar-refractivity contribution in [1.82, 2.24) is 25.5 Å². The van der Waals surface area contributed by atoms with Crippen molar-refractivity contribution in [3.8, 4) is 0 Å². The number of ether oxygens (including phenoxy) is 1. The minimum Gasteiger partial charge on any atom is -0.443 e. The van der Waals surface area contributed by atoms with E-state index in [9.17, 15) is 13.6 Å². The number of halogens is 2. The summed E-state index contributed by atoms with van der Waals surface area (Å²) < 4.78 is 37.5. The Kier molecular flexibility index (Phi) is 4.81. The molecule has 10 heteroatoms. The molecule has 0 aliphatic carbocycles. The van der Waals surface area contributed by atoms with Crippen LogP contribution in [0.2, 0.25) is 0 Å². The van der Waals surface area contributed by atoms with Crippen molar-refractivity contribution in [3.63, 3.8) is 0 Å². The number of carbonyl (C=O) groups is 1. The van der Waals surface area contributed by atoms with Crippen molar-refractivity contribution < 1.29 is 22.7 Å². The number of amides is 1. The van der Waals surface area contributed by atoms with Gasteiger partial charge in [0.25, 0.3) is 0 Å². The van der Waals surface area contributed by atoms with Crippen LogP contribution in [-0.4, -0.2) is 39.2 Å². The molecule has 1 amide bonds. The third-order valence-corrected chi connectivity index (χ3v) is 2.56. The van der Waals surface area contributed by atoms with E-state index in [0.29, 0.717) is 11.7 Å². The Hall–Kier alpha value is -2.36. The maximum Gasteiger partial charge on any atom is 0.325 e. The van der Waals surface area contributed by atoms with Crippen molar-refractivity contribution >= 4 is 5.91 Å². The summed E-state index contributed by atoms with van der Waals surface area (Å²) in [4.78, 5) is 18.9. The number of H-pyrrole nitrogens is 1. The van der Waals surface area contributed by atoms with Crippen LogP contribution in [0.25, 0.3) is 0 Å². The lowest BCUT2D eigenvalue weighted by Crippen LogP contribution is -2.37. The van der Waals surface area contributed by atoms with Gasteiger partial charge in [0.1, 0.15) is 24.8 Å². The van der Waals surface area contributed by atoms with Crippen LogP contribution in [0.5, 0.6) is 0 Å². The number of rotatable bonds is 7. The van der Waals surface area contributed by atoms with E-state index in [0.717, 1.165) is 0 Å². The van der Waals surface area contributed by atoms with Gasteiger partial charge in [0, 0.05) is 0 Å². The van der Waals surface area contributed by atoms with Crippen LogP contribution in [0.4, 0.5) is 8.78 Å². The molecule has 8 nitrogen and oxygen atoms in total. The molecule has 0 aliphatic heterocycles. The molecule has 0 radical (unpaired) electrons. The predicted molar refractivity (Wildman–Crippen MR) is 68.9 cm³/mol. The fourth-order valence-electron chi connectivity index (χ4n) is 1.55. The van der Waals surface area contributed by atoms with E-state index < -0.39 is 24.2 Å². The summed E-state index contributed by atoms with van der Waals surface area (Å²) in [7, 11) is 0. The van der Waals surface area contributed by atoms with E-state index in [2.05, 4.69) is 25.5 Å². The minimum atomic E-state index is -3.36. The minimum absolute atomic E-state index is 0.0161. The highest BCUT2D eigenvalue weighted by Gasteiger charge is 2.36. The Bertz CT molecular complexity index is 640. The van der Waals surface area contributed by atoms with E-state index in [1.807, 2.05) is 0 Å². The number of nitrogens with one attached hydrogen (secondary N) is 2. The molecule has 0 aliphatic rings. The zero-order chi connectivity index (χ0) is 16.2. The molecule has 2 aromatic rings. The Balaban J connectivity index is 1.73. The van der Waals surface area contributed by atoms with Crippen LogP contribution in [0, 0.1) is 13.8 Å². The van der Waals surface area contributed by atoms with Crippen LogP contribution >= 0.6 is 0 Å². The zero-order valence-electron chi connectivity index (χ0n) is 12.0. The first-order valence-corrected chi connectivity index (χ1v) is 6.40. The third kappa shape index (κ3) is 4.32. The van der Waals surface area contributed by atoms with Crippen LogP contribution in [0.15, 0.2) is 10.6 Å². The number of hydrogen-bond acceptors (Lipinski definition) is 6. The first-order valence-electron chi connectivity index (χ1n) is 6.40. The quantitative estimate of drug-likeness (QED) is 0.784. The molecular weight excluding hydrogens is 300 g/mol. The van der Waals surface area contributed by atoms with Gasteiger partial charge in [-0.3, -0.25) is 9.89 Å². The van der Waals surface area contributed by atoms with Gasteiger partial charge < -0.3 is 14.5 Å². The lowest BCUT2D eigenvalue weighted by atomic mass is 10.3. The van der Waals surface area contributed by atoms with Gasteiger partial charge in [-0.1, -0.05) is 0 Å². The molecule has 2 N–H and O–H groups in total. The second kappa shape index (κ2) is 6.60. The highest BCUT2D eigenvalue weighted by Crippen LogP contribution is 2.23. The molecule has 0 saturated heterocycles. The first kappa shape index (κ1) is 16.0. The molecule has 22 heavy (non-hydrogen) atoms. The van der Waals surface area contributed by atoms with E-state index in [1.165, 1.54) is 13.1 Å². The number of alkyl halides is 2. The largest absolute Gasteiger partial charge is 0.443 e. The van der Waals surface area contributed by atoms with Gasteiger partial charge in [0.15, 0.2) is 0 Å². The maximum absolute atomic E-state index is 13.7. The SMILES string of the molecule is Cc1nc(C(F)(F)CNC(=O)COCc2ncc(C)o2)n[nH]1. The van der Waals surface area contributed by atoms with Gasteiger partial charge in [-0.2, -0.15) is 13.9 Å². The van der Waals surface area contributed by atoms with Crippen molar-refractivity contribution in [1.29, 1.82) is 0 Å². The monoisotopic (exact) mass is 315 g/mol. The normalized spacial score (nSPS) is 11.6. The Labute approximate surface area is 124 Å². The summed E-state index contributed by atoms with van der Waals surface area (Å²) in [6.07, 6.45) is 1.51. The number of oxazole rings is 1. The van der Waals surface area contributed by atoms with Gasteiger partial charge in [0.2, 0.25) is 17.6 Å². The van der Waals surface area contributed by atoms with Crippen LogP contribution in [0.1, 0.15) is 23.3 Å². The first-order chi connectivity index (χ1) is 10.4. The zero-order valence-corrected chi connectivity index (χ0v) is 12.0. The Morgan fingerprint density at radius 2 is 2.27 bits per heavy atom. The van der Waals surface area contributed by atoms with E-state index in [4.69, 9.17) is 9.15 Å². The van der Waals surface area contributed by atoms with E-state index in [-0.39, 0.29) is 19.0 Å². The molecule has 0 saturated carbocycles. The van der Waals surface area contributed by atoms with Gasteiger partial charge in [0.05, 0.1) is 12.7 Å². The molecule has 0 unspecified atom stereocenters. The number of aromatic amines is 1. The summed E-state index contributed by atoms with van der Waals surface area (Å²) >= 11 is 0. The highest BCUT2D eigenvalue weighted by atomic mass is 19.3. The maximum atomic E-state index is 13.7. The number of nitrogens with zero attached hydrogens (tertiary/aromatic N) is 3. The summed E-state index contributed by atoms with van der Waals surface area (Å²) in [5.41, 5.74) is 0. The van der Waals surface area contributed by atoms with Gasteiger partial charge in [-0.05, 0) is 13.8 Å². The van der Waals surface area contributed by atoms with Gasteiger partial charge >= 0.3 is 5.92 Å². The fourth-order valence-corrected chi connectivity index (χ4v) is 1.55. The van der Waals surface area contributed by atoms with Crippen molar-refractivity contribution in [3.05, 3.63) is 29.5 Å². The number of carbonyl (C=O) groups excluding carboxylic acids is 1. The summed E-state index contributed by atoms with van der Waals surface area (Å²) in [6.45, 7) is 1.91. The second-order valence-corrected chi connectivity index (χ2v) is 4.58. The molecule has 0 atom stereocenters. The van der Waals surface area contributed by atoms with Crippen molar-refractivity contribution in [2.24, 2.45) is 0 Å². The lowest BCUT2D eigenvalue weighted by Gasteiger charge is -2.13. The highest BCUT2D eigenvalue weighted by molar-refractivity contribution is 5.77. The molecule has 2 heterocycles. The molecule has 0 fully saturated rings. The Morgan fingerprint density at radius 1 is 1.50 bits per heavy atom. The summed E-state index contributed by atoms with van der Waals surface area (Å²) in [6, 6.07) is 0. The van der Waals surface area contributed by atoms with Gasteiger partial charge in [-0.25, -0.2) is 9.97 Å². The smallest absolute Gasteiger partial charge is 0.325 e. The second-order valence-electron chi connectivity index (χ2n) is 4.58. The average molecular weight is 315 g/mol. The average Bonchev–Trinajstić information content (AvgIpc) is 3.06. The van der Waals surface area contributed by atoms with Crippen LogP contribution in [-0.2, 0) is 22.1 Å². The van der Waals surface area contributed by atoms with Crippen LogP contribution in [0.3, 0.4) is 0 Å². The fraction of sp³-hybridized carbons (Fsp3) is 0.500. The van der Waals surface area contributed by atoms with E-state index in [1.54, 1.807) is 6.92 Å². The third-order valence-electron chi connectivity index (χ3n) is 2.56.